The first-order valence-corrected chi connectivity index (χ1v) is 17.0. The van der Waals surface area contributed by atoms with Crippen LogP contribution in [0.25, 0.3) is 21.8 Å². The van der Waals surface area contributed by atoms with Gasteiger partial charge >= 0.3 is 12.1 Å². The van der Waals surface area contributed by atoms with E-state index in [2.05, 4.69) is 47.5 Å². The zero-order valence-corrected chi connectivity index (χ0v) is 30.6. The van der Waals surface area contributed by atoms with E-state index in [1.54, 1.807) is 42.8 Å². The molecule has 50 heavy (non-hydrogen) atoms. The number of allylic oxidation sites excluding steroid dienone is 1. The predicted molar refractivity (Wildman–Crippen MR) is 206 cm³/mol. The molecule has 0 bridgehead atoms. The topological polar surface area (TPSA) is 99.9 Å². The third-order valence-corrected chi connectivity index (χ3v) is 8.13. The van der Waals surface area contributed by atoms with Crippen molar-refractivity contribution in [3.8, 4) is 17.2 Å². The first-order valence-electron chi connectivity index (χ1n) is 17.0. The predicted octanol–water partition coefficient (Wildman–Crippen LogP) is 9.11. The molecule has 0 atom stereocenters. The number of nitrogens with one attached hydrogen (secondary N) is 2. The molecule has 2 heterocycles. The second-order valence-electron chi connectivity index (χ2n) is 14.0. The number of para-hydroxylation sites is 1. The van der Waals surface area contributed by atoms with Crippen molar-refractivity contribution in [1.29, 1.82) is 0 Å². The number of aromatic nitrogens is 2. The summed E-state index contributed by atoms with van der Waals surface area (Å²) in [4.78, 5) is 34.6. The van der Waals surface area contributed by atoms with Crippen LogP contribution in [0, 0.1) is 11.8 Å². The highest BCUT2D eigenvalue weighted by Gasteiger charge is 2.21. The monoisotopic (exact) mass is 683 g/mol. The molecule has 2 N–H and O–H groups in total. The number of carbonyl (C=O) groups is 2. The number of aromatic amines is 2. The Morgan fingerprint density at radius 3 is 1.62 bits per heavy atom. The van der Waals surface area contributed by atoms with E-state index in [-0.39, 0.29) is 8.82 Å². The molecule has 0 fully saturated rings. The summed E-state index contributed by atoms with van der Waals surface area (Å²) >= 11 is 0. The number of nitrogens with zero attached hydrogens (tertiary/aromatic N) is 2. The summed E-state index contributed by atoms with van der Waals surface area (Å²) < 4.78 is 16.1. The Morgan fingerprint density at radius 1 is 0.700 bits per heavy atom. The van der Waals surface area contributed by atoms with Crippen LogP contribution in [0.15, 0.2) is 90.8 Å². The molecule has 1 aliphatic rings. The van der Waals surface area contributed by atoms with Gasteiger partial charge in [-0.2, -0.15) is 0 Å². The Morgan fingerprint density at radius 2 is 1.18 bits per heavy atom. The quantitative estimate of drug-likeness (QED) is 0.0861. The summed E-state index contributed by atoms with van der Waals surface area (Å²) in [6.07, 6.45) is 9.77. The van der Waals surface area contributed by atoms with Crippen molar-refractivity contribution < 1.29 is 26.7 Å². The van der Waals surface area contributed by atoms with Crippen LogP contribution >= 0.6 is 0 Å². The van der Waals surface area contributed by atoms with E-state index in [1.807, 2.05) is 77.0 Å². The fraction of sp³-hybridized carbons (Fsp3) is 0.341. The van der Waals surface area contributed by atoms with Gasteiger partial charge in [0.05, 0.1) is 0 Å². The van der Waals surface area contributed by atoms with E-state index < -0.39 is 6.16 Å². The van der Waals surface area contributed by atoms with Gasteiger partial charge in [-0.3, -0.25) is 0 Å². The van der Waals surface area contributed by atoms with Gasteiger partial charge in [-0.05, 0) is 94.0 Å². The average molecular weight is 684 g/mol. The minimum absolute atomic E-state index is 0. The van der Waals surface area contributed by atoms with Gasteiger partial charge in [0.15, 0.2) is 0 Å². The highest BCUT2D eigenvalue weighted by molar-refractivity contribution is 6.00. The molecule has 1 radical (unpaired) electrons. The van der Waals surface area contributed by atoms with E-state index in [0.29, 0.717) is 28.2 Å². The number of fused-ring (bicyclic) bond motifs is 2. The van der Waals surface area contributed by atoms with Crippen LogP contribution in [0.4, 0.5) is 4.79 Å². The molecule has 0 spiro atoms. The van der Waals surface area contributed by atoms with Crippen LogP contribution in [0.1, 0.15) is 48.1 Å². The summed E-state index contributed by atoms with van der Waals surface area (Å²) in [7, 11) is 8.16. The van der Waals surface area contributed by atoms with Gasteiger partial charge in [0.2, 0.25) is 0 Å². The summed E-state index contributed by atoms with van der Waals surface area (Å²) in [6.45, 7) is 10.8. The molecule has 9 heteroatoms. The van der Waals surface area contributed by atoms with Crippen molar-refractivity contribution >= 4 is 33.9 Å². The van der Waals surface area contributed by atoms with Crippen LogP contribution in [0.3, 0.4) is 0 Å². The second-order valence-corrected chi connectivity index (χ2v) is 14.0. The molecule has 3 aromatic carbocycles. The molecule has 0 saturated heterocycles. The first kappa shape index (κ1) is 38.0. The van der Waals surface area contributed by atoms with Crippen molar-refractivity contribution in [2.24, 2.45) is 5.41 Å². The Balaban J connectivity index is 0.000000305. The minimum Gasteiger partial charge on any atom is -0.422 e. The lowest BCUT2D eigenvalue weighted by atomic mass is 9.94. The minimum atomic E-state index is -0.742. The van der Waals surface area contributed by atoms with Gasteiger partial charge in [-0.1, -0.05) is 70.5 Å². The molecule has 0 unspecified atom stereocenters. The van der Waals surface area contributed by atoms with Gasteiger partial charge in [-0.15, -0.1) is 0 Å². The Labute approximate surface area is 299 Å². The fourth-order valence-corrected chi connectivity index (χ4v) is 4.72. The molecule has 9 nitrogen and oxygen atoms in total. The maximum absolute atomic E-state index is 12.1. The van der Waals surface area contributed by atoms with Gasteiger partial charge in [0.1, 0.15) is 17.2 Å². The lowest BCUT2D eigenvalue weighted by Gasteiger charge is -2.12. The van der Waals surface area contributed by atoms with E-state index in [4.69, 9.17) is 14.2 Å². The third kappa shape index (κ3) is 11.6. The molecular formula is C41H55N4O5. The molecule has 269 valence electrons. The Bertz CT molecular complexity index is 1890. The SMILES string of the molecule is CCC(C)(C)C.CN(C)CCc1c[nH]c2cccc(OC(=O)C3=C[CH]3)c12.CN(C)CCc1c[nH]c2cccc(OC(=O)Oc3ccccc3)c12.[HH].[HH]. The maximum atomic E-state index is 12.1. The van der Waals surface area contributed by atoms with Crippen LogP contribution in [-0.4, -0.2) is 73.2 Å². The zero-order chi connectivity index (χ0) is 36.3. The molecular weight excluding hydrogens is 628 g/mol. The van der Waals surface area contributed by atoms with E-state index in [9.17, 15) is 9.59 Å². The number of benzene rings is 3. The standard InChI is InChI=1S/C19H20N2O3.C16H17N2O2.C6H14.2H2/c1-21(2)12-11-14-13-20-16-9-6-10-17(18(14)16)24-19(22)23-15-7-4-3-5-8-15;1-18(2)9-8-12-10-17-13-4-3-5-14(15(12)13)20-16(19)11-6-7-11;1-5-6(2,3)4;;/h3-10,13,20H,11-12H2,1-2H3;3-7,10,17H,8-9H2,1-2H3;5H2,1-4H3;2*1H. The van der Waals surface area contributed by atoms with E-state index in [0.717, 1.165) is 53.3 Å². The molecule has 5 aromatic rings. The van der Waals surface area contributed by atoms with E-state index in [1.165, 1.54) is 12.0 Å². The first-order chi connectivity index (χ1) is 23.8. The molecule has 0 aliphatic heterocycles. The largest absolute Gasteiger partial charge is 0.519 e. The van der Waals surface area contributed by atoms with Crippen molar-refractivity contribution in [3.63, 3.8) is 0 Å². The Kier molecular flexibility index (Phi) is 13.4. The molecule has 1 aliphatic carbocycles. The Hall–Kier alpha value is -4.86. The number of carbonyl (C=O) groups excluding carboxylic acids is 2. The molecule has 0 saturated carbocycles. The third-order valence-electron chi connectivity index (χ3n) is 8.13. The average Bonchev–Trinajstić information content (AvgIpc) is 3.71. The lowest BCUT2D eigenvalue weighted by molar-refractivity contribution is -0.129. The van der Waals surface area contributed by atoms with Crippen molar-refractivity contribution in [3.05, 3.63) is 108 Å². The van der Waals surface area contributed by atoms with Crippen LogP contribution in [-0.2, 0) is 17.6 Å². The second kappa shape index (κ2) is 17.7. The van der Waals surface area contributed by atoms with Crippen molar-refractivity contribution in [2.45, 2.75) is 47.0 Å². The van der Waals surface area contributed by atoms with Crippen molar-refractivity contribution in [1.82, 2.24) is 19.8 Å². The lowest BCUT2D eigenvalue weighted by Crippen LogP contribution is -2.15. The molecule has 0 amide bonds. The highest BCUT2D eigenvalue weighted by atomic mass is 16.7. The number of hydrogen-bond acceptors (Lipinski definition) is 7. The van der Waals surface area contributed by atoms with Crippen molar-refractivity contribution in [2.75, 3.05) is 41.3 Å². The molecule has 6 rings (SSSR count). The number of ether oxygens (including phenoxy) is 3. The van der Waals surface area contributed by atoms with Crippen LogP contribution < -0.4 is 14.2 Å². The zero-order valence-electron chi connectivity index (χ0n) is 30.6. The summed E-state index contributed by atoms with van der Waals surface area (Å²) in [5, 5.41) is 1.92. The van der Waals surface area contributed by atoms with Crippen LogP contribution in [0.5, 0.6) is 17.2 Å². The number of H-pyrrole nitrogens is 2. The van der Waals surface area contributed by atoms with Gasteiger partial charge < -0.3 is 34.0 Å². The van der Waals surface area contributed by atoms with Gasteiger partial charge in [0.25, 0.3) is 0 Å². The smallest absolute Gasteiger partial charge is 0.422 e. The van der Waals surface area contributed by atoms with Crippen LogP contribution in [0.2, 0.25) is 0 Å². The number of hydrogen-bond donors (Lipinski definition) is 2. The highest BCUT2D eigenvalue weighted by Crippen LogP contribution is 2.32. The number of rotatable bonds is 10. The number of esters is 1. The summed E-state index contributed by atoms with van der Waals surface area (Å²) in [6, 6.07) is 20.2. The maximum Gasteiger partial charge on any atom is 0.519 e. The summed E-state index contributed by atoms with van der Waals surface area (Å²) in [5.41, 5.74) is 5.41. The fourth-order valence-electron chi connectivity index (χ4n) is 4.72. The van der Waals surface area contributed by atoms with E-state index >= 15 is 0 Å². The molecule has 2 aromatic heterocycles. The van der Waals surface area contributed by atoms with Gasteiger partial charge in [-0.25, -0.2) is 9.59 Å². The summed E-state index contributed by atoms with van der Waals surface area (Å²) in [5.74, 6) is 1.31. The van der Waals surface area contributed by atoms with Gasteiger partial charge in [0, 0.05) is 62.1 Å². The normalized spacial score (nSPS) is 12.2. The number of likely N-dealkylation sites (N-methyl/N-ethyl adjacent to an activating group) is 2.